The highest BCUT2D eigenvalue weighted by Crippen LogP contribution is 2.25. The van der Waals surface area contributed by atoms with Gasteiger partial charge in [-0.3, -0.25) is 0 Å². The first kappa shape index (κ1) is 14.5. The standard InChI is InChI=1S/C6H6F3NO4S3/c7-4(5(8)9)1-2-16(11,12)6-10-17(13,14)3-15-6/h1-3H2. The van der Waals surface area contributed by atoms with Crippen molar-refractivity contribution in [2.75, 3.05) is 10.8 Å². The lowest BCUT2D eigenvalue weighted by Crippen LogP contribution is -2.14. The molecule has 0 amide bonds. The van der Waals surface area contributed by atoms with Gasteiger partial charge in [-0.1, -0.05) is 11.8 Å². The normalized spacial score (nSPS) is 18.9. The van der Waals surface area contributed by atoms with E-state index in [9.17, 15) is 30.0 Å². The summed E-state index contributed by atoms with van der Waals surface area (Å²) in [5.74, 6) is -2.78. The molecule has 0 saturated heterocycles. The van der Waals surface area contributed by atoms with Gasteiger partial charge in [-0.05, 0) is 0 Å². The fraction of sp³-hybridized carbons (Fsp3) is 0.500. The second-order valence-electron chi connectivity index (χ2n) is 2.94. The van der Waals surface area contributed by atoms with Crippen LogP contribution < -0.4 is 0 Å². The molecule has 11 heteroatoms. The van der Waals surface area contributed by atoms with E-state index in [-0.39, 0.29) is 0 Å². The summed E-state index contributed by atoms with van der Waals surface area (Å²) in [6.45, 7) is 0. The monoisotopic (exact) mass is 309 g/mol. The van der Waals surface area contributed by atoms with Crippen molar-refractivity contribution in [1.82, 2.24) is 0 Å². The lowest BCUT2D eigenvalue weighted by molar-refractivity contribution is 0.373. The molecule has 1 aliphatic heterocycles. The van der Waals surface area contributed by atoms with Gasteiger partial charge in [-0.2, -0.15) is 8.78 Å². The van der Waals surface area contributed by atoms with Gasteiger partial charge >= 0.3 is 6.08 Å². The predicted octanol–water partition coefficient (Wildman–Crippen LogP) is 1.26. The Labute approximate surface area is 99.8 Å². The van der Waals surface area contributed by atoms with Crippen molar-refractivity contribution in [1.29, 1.82) is 0 Å². The topological polar surface area (TPSA) is 80.6 Å². The zero-order chi connectivity index (χ0) is 13.3. The molecular formula is C6H6F3NO4S3. The highest BCUT2D eigenvalue weighted by Gasteiger charge is 2.31. The van der Waals surface area contributed by atoms with E-state index >= 15 is 0 Å². The average Bonchev–Trinajstić information content (AvgIpc) is 2.56. The number of hydrogen-bond donors (Lipinski definition) is 0. The van der Waals surface area contributed by atoms with Crippen LogP contribution >= 0.6 is 11.8 Å². The lowest BCUT2D eigenvalue weighted by atomic mass is 10.4. The Hall–Kier alpha value is -0.550. The summed E-state index contributed by atoms with van der Waals surface area (Å²) in [7, 11) is -7.95. The van der Waals surface area contributed by atoms with E-state index < -0.39 is 53.4 Å². The van der Waals surface area contributed by atoms with Gasteiger partial charge in [0, 0.05) is 6.42 Å². The van der Waals surface area contributed by atoms with Crippen molar-refractivity contribution in [3.63, 3.8) is 0 Å². The third-order valence-corrected chi connectivity index (χ3v) is 6.78. The van der Waals surface area contributed by atoms with Gasteiger partial charge in [0.1, 0.15) is 5.08 Å². The fourth-order valence-electron chi connectivity index (χ4n) is 0.843. The van der Waals surface area contributed by atoms with Crippen molar-refractivity contribution >= 4 is 36.0 Å². The number of sulfonamides is 1. The summed E-state index contributed by atoms with van der Waals surface area (Å²) in [6, 6.07) is 0. The third-order valence-electron chi connectivity index (χ3n) is 1.61. The highest BCUT2D eigenvalue weighted by molar-refractivity contribution is 8.40. The first-order valence-electron chi connectivity index (χ1n) is 4.02. The van der Waals surface area contributed by atoms with Crippen LogP contribution in [0.15, 0.2) is 16.3 Å². The van der Waals surface area contributed by atoms with Crippen molar-refractivity contribution in [3.8, 4) is 0 Å². The zero-order valence-corrected chi connectivity index (χ0v) is 10.5. The number of allylic oxidation sites excluding steroid dienone is 1. The second kappa shape index (κ2) is 4.98. The average molecular weight is 309 g/mol. The number of sulfone groups is 1. The Balaban J connectivity index is 2.82. The summed E-state index contributed by atoms with van der Waals surface area (Å²) < 4.78 is 82.5. The van der Waals surface area contributed by atoms with Crippen LogP contribution in [0.4, 0.5) is 13.2 Å². The summed E-state index contributed by atoms with van der Waals surface area (Å²) in [5, 5.41) is -0.517. The van der Waals surface area contributed by atoms with Crippen LogP contribution in [-0.4, -0.2) is 32.0 Å². The minimum atomic E-state index is -4.13. The summed E-state index contributed by atoms with van der Waals surface area (Å²) in [5.41, 5.74) is 0. The molecule has 0 atom stereocenters. The second-order valence-corrected chi connectivity index (χ2v) is 8.18. The molecule has 0 bridgehead atoms. The molecular weight excluding hydrogens is 303 g/mol. The van der Waals surface area contributed by atoms with Crippen LogP contribution in [0.2, 0.25) is 0 Å². The van der Waals surface area contributed by atoms with Gasteiger partial charge in [0.05, 0.1) is 5.75 Å². The Morgan fingerprint density at radius 3 is 2.35 bits per heavy atom. The van der Waals surface area contributed by atoms with E-state index in [0.717, 1.165) is 0 Å². The maximum atomic E-state index is 12.4. The molecule has 0 aromatic carbocycles. The smallest absolute Gasteiger partial charge is 0.222 e. The number of nitrogens with zero attached hydrogens (tertiary/aromatic N) is 1. The molecule has 0 spiro atoms. The Morgan fingerprint density at radius 2 is 1.94 bits per heavy atom. The SMILES string of the molecule is O=S1(=O)CSC(S(=O)(=O)CCC(F)=C(F)F)=N1. The first-order valence-corrected chi connectivity index (χ1v) is 8.26. The van der Waals surface area contributed by atoms with Crippen LogP contribution in [0.1, 0.15) is 6.42 Å². The molecule has 5 nitrogen and oxygen atoms in total. The van der Waals surface area contributed by atoms with Gasteiger partial charge < -0.3 is 0 Å². The molecule has 0 unspecified atom stereocenters. The molecule has 0 N–H and O–H groups in total. The van der Waals surface area contributed by atoms with Crippen LogP contribution in [0.25, 0.3) is 0 Å². The molecule has 1 rings (SSSR count). The number of rotatable bonds is 3. The van der Waals surface area contributed by atoms with Gasteiger partial charge in [-0.25, -0.2) is 21.2 Å². The molecule has 0 aromatic heterocycles. The highest BCUT2D eigenvalue weighted by atomic mass is 32.3. The van der Waals surface area contributed by atoms with Crippen LogP contribution in [0.5, 0.6) is 0 Å². The van der Waals surface area contributed by atoms with Crippen LogP contribution in [0.3, 0.4) is 0 Å². The molecule has 0 aliphatic carbocycles. The lowest BCUT2D eigenvalue weighted by Gasteiger charge is -2.00. The third kappa shape index (κ3) is 4.00. The van der Waals surface area contributed by atoms with Gasteiger partial charge in [0.25, 0.3) is 10.0 Å². The van der Waals surface area contributed by atoms with Crippen molar-refractivity contribution in [2.45, 2.75) is 6.42 Å². The molecule has 98 valence electrons. The summed E-state index contributed by atoms with van der Waals surface area (Å²) >= 11 is 0.464. The molecule has 0 saturated carbocycles. The Morgan fingerprint density at radius 1 is 1.35 bits per heavy atom. The van der Waals surface area contributed by atoms with E-state index in [2.05, 4.69) is 4.40 Å². The zero-order valence-electron chi connectivity index (χ0n) is 8.06. The maximum Gasteiger partial charge on any atom is 0.301 e. The van der Waals surface area contributed by atoms with Crippen molar-refractivity contribution in [2.24, 2.45) is 4.40 Å². The predicted molar refractivity (Wildman–Crippen MR) is 57.6 cm³/mol. The minimum Gasteiger partial charge on any atom is -0.222 e. The largest absolute Gasteiger partial charge is 0.301 e. The summed E-state index contributed by atoms with van der Waals surface area (Å²) in [4.78, 5) is 0. The molecule has 17 heavy (non-hydrogen) atoms. The van der Waals surface area contributed by atoms with Crippen LogP contribution in [-0.2, 0) is 19.9 Å². The molecule has 0 radical (unpaired) electrons. The number of thioether (sulfide) groups is 1. The van der Waals surface area contributed by atoms with Gasteiger partial charge in [-0.15, -0.1) is 4.40 Å². The Kier molecular flexibility index (Phi) is 4.25. The van der Waals surface area contributed by atoms with E-state index in [1.54, 1.807) is 0 Å². The molecule has 1 heterocycles. The summed E-state index contributed by atoms with van der Waals surface area (Å²) in [6.07, 6.45) is -3.60. The molecule has 1 aliphatic rings. The molecule has 0 fully saturated rings. The Bertz CT molecular complexity index is 574. The number of hydrogen-bond acceptors (Lipinski definition) is 5. The number of halogens is 3. The first-order chi connectivity index (χ1) is 7.64. The van der Waals surface area contributed by atoms with E-state index in [1.165, 1.54) is 0 Å². The van der Waals surface area contributed by atoms with Crippen molar-refractivity contribution in [3.05, 3.63) is 11.9 Å². The van der Waals surface area contributed by atoms with Gasteiger partial charge in [0.2, 0.25) is 14.2 Å². The van der Waals surface area contributed by atoms with Crippen molar-refractivity contribution < 1.29 is 30.0 Å². The quantitative estimate of drug-likeness (QED) is 0.784. The minimum absolute atomic E-state index is 0.464. The van der Waals surface area contributed by atoms with E-state index in [4.69, 9.17) is 0 Å². The van der Waals surface area contributed by atoms with E-state index in [1.807, 2.05) is 0 Å². The van der Waals surface area contributed by atoms with Gasteiger partial charge in [0.15, 0.2) is 5.83 Å². The molecule has 0 aromatic rings. The van der Waals surface area contributed by atoms with E-state index in [0.29, 0.717) is 11.8 Å². The van der Waals surface area contributed by atoms with Crippen LogP contribution in [0, 0.1) is 0 Å². The maximum absolute atomic E-state index is 12.4. The fourth-order valence-corrected chi connectivity index (χ4v) is 5.65.